The van der Waals surface area contributed by atoms with Gasteiger partial charge < -0.3 is 4.84 Å². The molecule has 4 nitrogen and oxygen atoms in total. The van der Waals surface area contributed by atoms with Gasteiger partial charge in [-0.2, -0.15) is 5.10 Å². The van der Waals surface area contributed by atoms with Crippen LogP contribution >= 0.6 is 0 Å². The van der Waals surface area contributed by atoms with E-state index in [0.29, 0.717) is 24.1 Å². The van der Waals surface area contributed by atoms with Crippen LogP contribution in [0.15, 0.2) is 59.7 Å². The molecule has 0 amide bonds. The third-order valence-electron chi connectivity index (χ3n) is 3.27. The first-order chi connectivity index (χ1) is 11.2. The Morgan fingerprint density at radius 2 is 1.87 bits per heavy atom. The molecule has 0 heterocycles. The summed E-state index contributed by atoms with van der Waals surface area (Å²) in [6.07, 6.45) is 7.25. The second-order valence-electron chi connectivity index (χ2n) is 4.88. The highest BCUT2D eigenvalue weighted by Crippen LogP contribution is 2.20. The lowest BCUT2D eigenvalue weighted by Gasteiger charge is -2.18. The molecule has 0 saturated heterocycles. The maximum absolute atomic E-state index is 12.0. The van der Waals surface area contributed by atoms with E-state index in [2.05, 4.69) is 17.7 Å². The molecule has 2 aromatic carbocycles. The van der Waals surface area contributed by atoms with Gasteiger partial charge in [-0.1, -0.05) is 53.6 Å². The number of carbonyl (C=O) groups excluding carboxylic acids is 1. The largest absolute Gasteiger partial charge is 0.334 e. The van der Waals surface area contributed by atoms with Gasteiger partial charge in [0, 0.05) is 13.1 Å². The van der Waals surface area contributed by atoms with Crippen molar-refractivity contribution in [1.82, 2.24) is 0 Å². The van der Waals surface area contributed by atoms with E-state index in [1.807, 2.05) is 36.4 Å². The second kappa shape index (κ2) is 8.40. The average molecular weight is 306 g/mol. The molecule has 116 valence electrons. The summed E-state index contributed by atoms with van der Waals surface area (Å²) in [5.74, 6) is 2.15. The van der Waals surface area contributed by atoms with E-state index in [-0.39, 0.29) is 5.97 Å². The third-order valence-corrected chi connectivity index (χ3v) is 3.27. The lowest BCUT2D eigenvalue weighted by molar-refractivity contribution is -0.145. The van der Waals surface area contributed by atoms with E-state index in [0.717, 1.165) is 11.6 Å². The highest BCUT2D eigenvalue weighted by atomic mass is 16.7. The van der Waals surface area contributed by atoms with Gasteiger partial charge in [-0.05, 0) is 30.5 Å². The number of carbonyl (C=O) groups is 1. The maximum Gasteiger partial charge on any atom is 0.334 e. The Balaban J connectivity index is 1.90. The summed E-state index contributed by atoms with van der Waals surface area (Å²) < 4.78 is 0. The standard InChI is InChI=1S/C19H18N2O2/c1-3-17-13-7-8-14-18(17)21(20-2)23-19(22)15-9-12-16-10-5-4-6-11-16/h1,4-8,10-11,13-14H,2,9,12,15H2. The van der Waals surface area contributed by atoms with Gasteiger partial charge in [0.05, 0.1) is 5.56 Å². The zero-order valence-electron chi connectivity index (χ0n) is 12.8. The van der Waals surface area contributed by atoms with Crippen LogP contribution in [0.3, 0.4) is 0 Å². The second-order valence-corrected chi connectivity index (χ2v) is 4.88. The van der Waals surface area contributed by atoms with Crippen molar-refractivity contribution in [3.05, 3.63) is 65.7 Å². The molecule has 0 N–H and O–H groups in total. The number of anilines is 1. The number of hydrogen-bond donors (Lipinski definition) is 0. The van der Waals surface area contributed by atoms with Crippen molar-refractivity contribution < 1.29 is 9.63 Å². The van der Waals surface area contributed by atoms with Crippen LogP contribution in [0, 0.1) is 12.3 Å². The van der Waals surface area contributed by atoms with E-state index in [1.54, 1.807) is 18.2 Å². The number of rotatable bonds is 7. The Morgan fingerprint density at radius 1 is 1.17 bits per heavy atom. The fourth-order valence-electron chi connectivity index (χ4n) is 2.14. The minimum Gasteiger partial charge on any atom is -0.319 e. The van der Waals surface area contributed by atoms with Crippen LogP contribution in [-0.2, 0) is 16.1 Å². The van der Waals surface area contributed by atoms with Crippen molar-refractivity contribution in [2.75, 3.05) is 5.17 Å². The van der Waals surface area contributed by atoms with Gasteiger partial charge >= 0.3 is 5.97 Å². The Hall–Kier alpha value is -3.06. The van der Waals surface area contributed by atoms with Crippen LogP contribution < -0.4 is 5.17 Å². The van der Waals surface area contributed by atoms with Crippen molar-refractivity contribution in [1.29, 1.82) is 0 Å². The Morgan fingerprint density at radius 3 is 2.57 bits per heavy atom. The van der Waals surface area contributed by atoms with Gasteiger partial charge in [0.25, 0.3) is 0 Å². The molecule has 0 bridgehead atoms. The van der Waals surface area contributed by atoms with Crippen LogP contribution in [0.2, 0.25) is 0 Å². The lowest BCUT2D eigenvalue weighted by atomic mass is 10.1. The molecule has 0 atom stereocenters. The highest BCUT2D eigenvalue weighted by molar-refractivity contribution is 5.71. The van der Waals surface area contributed by atoms with Crippen molar-refractivity contribution in [3.8, 4) is 12.3 Å². The molecule has 2 aromatic rings. The highest BCUT2D eigenvalue weighted by Gasteiger charge is 2.14. The first-order valence-electron chi connectivity index (χ1n) is 7.31. The summed E-state index contributed by atoms with van der Waals surface area (Å²) in [6.45, 7) is 3.42. The smallest absolute Gasteiger partial charge is 0.319 e. The van der Waals surface area contributed by atoms with Crippen molar-refractivity contribution >= 4 is 18.4 Å². The lowest BCUT2D eigenvalue weighted by Crippen LogP contribution is -2.22. The van der Waals surface area contributed by atoms with E-state index >= 15 is 0 Å². The number of benzene rings is 2. The van der Waals surface area contributed by atoms with E-state index in [1.165, 1.54) is 5.56 Å². The summed E-state index contributed by atoms with van der Waals surface area (Å²) >= 11 is 0. The molecule has 0 aliphatic heterocycles. The van der Waals surface area contributed by atoms with Crippen molar-refractivity contribution in [3.63, 3.8) is 0 Å². The third kappa shape index (κ3) is 4.72. The minimum atomic E-state index is -0.375. The van der Waals surface area contributed by atoms with Crippen LogP contribution in [-0.4, -0.2) is 12.7 Å². The van der Waals surface area contributed by atoms with Gasteiger partial charge in [0.1, 0.15) is 5.69 Å². The molecule has 0 unspecified atom stereocenters. The van der Waals surface area contributed by atoms with Crippen LogP contribution in [0.4, 0.5) is 5.69 Å². The van der Waals surface area contributed by atoms with E-state index in [9.17, 15) is 4.79 Å². The number of terminal acetylenes is 1. The fourth-order valence-corrected chi connectivity index (χ4v) is 2.14. The summed E-state index contributed by atoms with van der Waals surface area (Å²) in [5, 5.41) is 4.79. The molecular formula is C19H18N2O2. The van der Waals surface area contributed by atoms with Crippen LogP contribution in [0.1, 0.15) is 24.0 Å². The SMILES string of the molecule is C#Cc1ccccc1N(N=C)OC(=O)CCCc1ccccc1. The Labute approximate surface area is 136 Å². The monoisotopic (exact) mass is 306 g/mol. The average Bonchev–Trinajstić information content (AvgIpc) is 2.60. The molecule has 0 radical (unpaired) electrons. The van der Waals surface area contributed by atoms with E-state index in [4.69, 9.17) is 11.3 Å². The summed E-state index contributed by atoms with van der Waals surface area (Å²) in [5.41, 5.74) is 2.29. The Bertz CT molecular complexity index is 705. The number of para-hydroxylation sites is 1. The van der Waals surface area contributed by atoms with Gasteiger partial charge in [-0.15, -0.1) is 6.42 Å². The molecule has 0 aliphatic carbocycles. The first-order valence-corrected chi connectivity index (χ1v) is 7.31. The molecule has 0 saturated carbocycles. The van der Waals surface area contributed by atoms with Gasteiger partial charge in [0.15, 0.2) is 0 Å². The number of nitrogens with zero attached hydrogens (tertiary/aromatic N) is 2. The minimum absolute atomic E-state index is 0.291. The van der Waals surface area contributed by atoms with Crippen LogP contribution in [0.25, 0.3) is 0 Å². The molecule has 0 aliphatic rings. The number of hydrazone groups is 1. The fraction of sp³-hybridized carbons (Fsp3) is 0.158. The molecule has 4 heteroatoms. The van der Waals surface area contributed by atoms with Gasteiger partial charge in [-0.3, -0.25) is 0 Å². The zero-order valence-corrected chi connectivity index (χ0v) is 12.8. The van der Waals surface area contributed by atoms with Gasteiger partial charge in [-0.25, -0.2) is 4.79 Å². The molecule has 2 rings (SSSR count). The normalized spacial score (nSPS) is 9.70. The summed E-state index contributed by atoms with van der Waals surface area (Å²) in [7, 11) is 0. The summed E-state index contributed by atoms with van der Waals surface area (Å²) in [4.78, 5) is 17.2. The van der Waals surface area contributed by atoms with E-state index < -0.39 is 0 Å². The zero-order chi connectivity index (χ0) is 16.5. The number of aryl methyl sites for hydroxylation is 1. The summed E-state index contributed by atoms with van der Waals surface area (Å²) in [6, 6.07) is 17.1. The predicted molar refractivity (Wildman–Crippen MR) is 91.9 cm³/mol. The molecular weight excluding hydrogens is 288 g/mol. The number of hydrogen-bond acceptors (Lipinski definition) is 4. The molecule has 0 spiro atoms. The van der Waals surface area contributed by atoms with Gasteiger partial charge in [0.2, 0.25) is 0 Å². The maximum atomic E-state index is 12.0. The quantitative estimate of drug-likeness (QED) is 0.446. The van der Waals surface area contributed by atoms with Crippen molar-refractivity contribution in [2.45, 2.75) is 19.3 Å². The van der Waals surface area contributed by atoms with Crippen molar-refractivity contribution in [2.24, 2.45) is 5.10 Å². The first kappa shape index (κ1) is 16.3. The topological polar surface area (TPSA) is 41.9 Å². The molecule has 23 heavy (non-hydrogen) atoms. The predicted octanol–water partition coefficient (Wildman–Crippen LogP) is 3.57. The molecule has 0 fully saturated rings. The van der Waals surface area contributed by atoms with Crippen LogP contribution in [0.5, 0.6) is 0 Å². The molecule has 0 aromatic heterocycles. The Kier molecular flexibility index (Phi) is 5.96.